The summed E-state index contributed by atoms with van der Waals surface area (Å²) in [4.78, 5) is 18.8. The number of nitrogens with zero attached hydrogens (tertiary/aromatic N) is 3. The van der Waals surface area contributed by atoms with Crippen molar-refractivity contribution in [3.8, 4) is 29.1 Å². The molecule has 0 saturated heterocycles. The SMILES string of the molecule is CSc1nc(-c2ccc(OCCCC#N)cc2)c(C#N)c(=O)[nH]1. The van der Waals surface area contributed by atoms with Crippen LogP contribution in [0.1, 0.15) is 18.4 Å². The third kappa shape index (κ3) is 4.12. The minimum Gasteiger partial charge on any atom is -0.494 e. The quantitative estimate of drug-likeness (QED) is 0.497. The van der Waals surface area contributed by atoms with Crippen LogP contribution in [-0.2, 0) is 0 Å². The summed E-state index contributed by atoms with van der Waals surface area (Å²) in [5.74, 6) is 0.667. The number of thioether (sulfide) groups is 1. The maximum absolute atomic E-state index is 11.9. The molecule has 0 saturated carbocycles. The Balaban J connectivity index is 2.26. The zero-order chi connectivity index (χ0) is 16.7. The van der Waals surface area contributed by atoms with Crippen LogP contribution in [0.25, 0.3) is 11.3 Å². The van der Waals surface area contributed by atoms with Crippen molar-refractivity contribution in [1.82, 2.24) is 9.97 Å². The maximum atomic E-state index is 11.9. The van der Waals surface area contributed by atoms with E-state index in [1.165, 1.54) is 11.8 Å². The summed E-state index contributed by atoms with van der Waals surface area (Å²) < 4.78 is 5.52. The number of unbranched alkanes of at least 4 members (excludes halogenated alkanes) is 1. The summed E-state index contributed by atoms with van der Waals surface area (Å²) in [6.07, 6.45) is 2.92. The highest BCUT2D eigenvalue weighted by Gasteiger charge is 2.13. The molecule has 0 radical (unpaired) electrons. The molecule has 0 aliphatic rings. The minimum absolute atomic E-state index is 0.00881. The molecule has 116 valence electrons. The lowest BCUT2D eigenvalue weighted by Crippen LogP contribution is -2.14. The molecule has 0 spiro atoms. The van der Waals surface area contributed by atoms with E-state index >= 15 is 0 Å². The van der Waals surface area contributed by atoms with Crippen LogP contribution in [-0.4, -0.2) is 22.8 Å². The monoisotopic (exact) mass is 326 g/mol. The lowest BCUT2D eigenvalue weighted by molar-refractivity contribution is 0.313. The van der Waals surface area contributed by atoms with E-state index in [4.69, 9.17) is 10.00 Å². The van der Waals surface area contributed by atoms with Crippen LogP contribution in [0.2, 0.25) is 0 Å². The number of rotatable bonds is 6. The average Bonchev–Trinajstić information content (AvgIpc) is 2.58. The normalized spacial score (nSPS) is 9.87. The fourth-order valence-electron chi connectivity index (χ4n) is 1.91. The third-order valence-electron chi connectivity index (χ3n) is 3.03. The van der Waals surface area contributed by atoms with Gasteiger partial charge in [0.05, 0.1) is 18.4 Å². The molecule has 0 aliphatic heterocycles. The molecule has 0 unspecified atom stereocenters. The predicted octanol–water partition coefficient (Wildman–Crippen LogP) is 2.71. The van der Waals surface area contributed by atoms with Crippen molar-refractivity contribution >= 4 is 11.8 Å². The van der Waals surface area contributed by atoms with E-state index in [2.05, 4.69) is 16.0 Å². The lowest BCUT2D eigenvalue weighted by atomic mass is 10.1. The van der Waals surface area contributed by atoms with Crippen LogP contribution in [0.3, 0.4) is 0 Å². The van der Waals surface area contributed by atoms with Crippen molar-refractivity contribution in [3.63, 3.8) is 0 Å². The van der Waals surface area contributed by atoms with E-state index in [1.807, 2.05) is 6.07 Å². The highest BCUT2D eigenvalue weighted by Crippen LogP contribution is 2.23. The summed E-state index contributed by atoms with van der Waals surface area (Å²) in [5.41, 5.74) is 0.577. The first-order valence-corrected chi connectivity index (χ1v) is 8.10. The topological polar surface area (TPSA) is 103 Å². The Kier molecular flexibility index (Phi) is 5.79. The van der Waals surface area contributed by atoms with Crippen LogP contribution in [0, 0.1) is 22.7 Å². The van der Waals surface area contributed by atoms with Gasteiger partial charge < -0.3 is 9.72 Å². The summed E-state index contributed by atoms with van der Waals surface area (Å²) in [7, 11) is 0. The summed E-state index contributed by atoms with van der Waals surface area (Å²) in [6, 6.07) is 11.0. The number of benzene rings is 1. The van der Waals surface area contributed by atoms with Crippen LogP contribution >= 0.6 is 11.8 Å². The van der Waals surface area contributed by atoms with Crippen molar-refractivity contribution < 1.29 is 4.74 Å². The number of nitrogens with one attached hydrogen (secondary N) is 1. The van der Waals surface area contributed by atoms with E-state index in [0.29, 0.717) is 41.6 Å². The Labute approximate surface area is 137 Å². The Morgan fingerprint density at radius 1 is 1.30 bits per heavy atom. The van der Waals surface area contributed by atoms with Gasteiger partial charge in [0.2, 0.25) is 0 Å². The van der Waals surface area contributed by atoms with Gasteiger partial charge in [-0.05, 0) is 36.9 Å². The molecule has 2 aromatic rings. The lowest BCUT2D eigenvalue weighted by Gasteiger charge is -2.07. The molecule has 0 fully saturated rings. The van der Waals surface area contributed by atoms with Gasteiger partial charge in [-0.15, -0.1) is 0 Å². The van der Waals surface area contributed by atoms with Crippen molar-refractivity contribution in [2.75, 3.05) is 12.9 Å². The van der Waals surface area contributed by atoms with Gasteiger partial charge in [-0.1, -0.05) is 11.8 Å². The Morgan fingerprint density at radius 2 is 2.04 bits per heavy atom. The predicted molar refractivity (Wildman–Crippen MR) is 87.1 cm³/mol. The fraction of sp³-hybridized carbons (Fsp3) is 0.250. The number of ether oxygens (including phenoxy) is 1. The number of nitriles is 2. The fourth-order valence-corrected chi connectivity index (χ4v) is 2.29. The maximum Gasteiger partial charge on any atom is 0.270 e. The van der Waals surface area contributed by atoms with E-state index in [9.17, 15) is 10.1 Å². The van der Waals surface area contributed by atoms with Crippen LogP contribution in [0.15, 0.2) is 34.2 Å². The molecule has 0 amide bonds. The first kappa shape index (κ1) is 16.6. The molecule has 0 atom stereocenters. The summed E-state index contributed by atoms with van der Waals surface area (Å²) in [5, 5.41) is 18.1. The van der Waals surface area contributed by atoms with Gasteiger partial charge in [0.15, 0.2) is 5.16 Å². The number of aromatic nitrogens is 2. The highest BCUT2D eigenvalue weighted by atomic mass is 32.2. The second-order valence-electron chi connectivity index (χ2n) is 4.55. The highest BCUT2D eigenvalue weighted by molar-refractivity contribution is 7.98. The molecular weight excluding hydrogens is 312 g/mol. The molecule has 6 nitrogen and oxygen atoms in total. The van der Waals surface area contributed by atoms with Crippen molar-refractivity contribution in [3.05, 3.63) is 40.2 Å². The second-order valence-corrected chi connectivity index (χ2v) is 5.34. The molecule has 0 aliphatic carbocycles. The molecule has 0 bridgehead atoms. The van der Waals surface area contributed by atoms with Crippen LogP contribution < -0.4 is 10.3 Å². The van der Waals surface area contributed by atoms with E-state index in [0.717, 1.165) is 0 Å². The van der Waals surface area contributed by atoms with Crippen molar-refractivity contribution in [1.29, 1.82) is 10.5 Å². The zero-order valence-electron chi connectivity index (χ0n) is 12.5. The largest absolute Gasteiger partial charge is 0.494 e. The number of hydrogen-bond donors (Lipinski definition) is 1. The Hall–Kier alpha value is -2.77. The average molecular weight is 326 g/mol. The third-order valence-corrected chi connectivity index (χ3v) is 3.61. The van der Waals surface area contributed by atoms with E-state index < -0.39 is 5.56 Å². The first-order valence-electron chi connectivity index (χ1n) is 6.88. The van der Waals surface area contributed by atoms with E-state index in [1.54, 1.807) is 30.5 Å². The minimum atomic E-state index is -0.446. The van der Waals surface area contributed by atoms with Crippen LogP contribution in [0.4, 0.5) is 0 Å². The van der Waals surface area contributed by atoms with Gasteiger partial charge in [0.25, 0.3) is 5.56 Å². The van der Waals surface area contributed by atoms with Gasteiger partial charge in [0, 0.05) is 12.0 Å². The zero-order valence-corrected chi connectivity index (χ0v) is 13.3. The molecule has 1 N–H and O–H groups in total. The van der Waals surface area contributed by atoms with Gasteiger partial charge in [0.1, 0.15) is 17.4 Å². The van der Waals surface area contributed by atoms with Gasteiger partial charge in [-0.25, -0.2) is 4.98 Å². The molecule has 23 heavy (non-hydrogen) atoms. The van der Waals surface area contributed by atoms with Crippen LogP contribution in [0.5, 0.6) is 5.75 Å². The van der Waals surface area contributed by atoms with Gasteiger partial charge >= 0.3 is 0 Å². The van der Waals surface area contributed by atoms with Gasteiger partial charge in [-0.3, -0.25) is 4.79 Å². The molecule has 1 aromatic carbocycles. The van der Waals surface area contributed by atoms with Crippen molar-refractivity contribution in [2.24, 2.45) is 0 Å². The first-order chi connectivity index (χ1) is 11.2. The standard InChI is InChI=1S/C16H14N4O2S/c1-23-16-19-14(13(10-18)15(21)20-16)11-4-6-12(7-5-11)22-9-3-2-8-17/h4-7H,2-3,9H2,1H3,(H,19,20,21). The number of H-pyrrole nitrogens is 1. The molecular formula is C16H14N4O2S. The Morgan fingerprint density at radius 3 is 2.65 bits per heavy atom. The smallest absolute Gasteiger partial charge is 0.270 e. The molecule has 1 aromatic heterocycles. The van der Waals surface area contributed by atoms with Gasteiger partial charge in [-0.2, -0.15) is 10.5 Å². The number of aromatic amines is 1. The molecule has 2 rings (SSSR count). The molecule has 7 heteroatoms. The summed E-state index contributed by atoms with van der Waals surface area (Å²) >= 11 is 1.30. The summed E-state index contributed by atoms with van der Waals surface area (Å²) in [6.45, 7) is 0.468. The van der Waals surface area contributed by atoms with E-state index in [-0.39, 0.29) is 5.56 Å². The second kappa shape index (κ2) is 8.02. The number of hydrogen-bond acceptors (Lipinski definition) is 6. The Bertz CT molecular complexity index is 816. The molecule has 1 heterocycles. The van der Waals surface area contributed by atoms with Crippen molar-refractivity contribution in [2.45, 2.75) is 18.0 Å².